The molecule has 0 spiro atoms. The van der Waals surface area contributed by atoms with Crippen molar-refractivity contribution in [1.29, 1.82) is 5.26 Å². The van der Waals surface area contributed by atoms with Gasteiger partial charge in [-0.05, 0) is 29.9 Å². The van der Waals surface area contributed by atoms with E-state index in [2.05, 4.69) is 64.2 Å². The first-order chi connectivity index (χ1) is 8.47. The molecule has 0 aromatic heterocycles. The Bertz CT molecular complexity index is 427. The van der Waals surface area contributed by atoms with Crippen LogP contribution in [0.15, 0.2) is 18.2 Å². The van der Waals surface area contributed by atoms with Gasteiger partial charge in [0, 0.05) is 12.2 Å². The summed E-state index contributed by atoms with van der Waals surface area (Å²) >= 11 is 0. The second-order valence-corrected chi connectivity index (χ2v) is 5.55. The minimum Gasteiger partial charge on any atom is -0.383 e. The highest BCUT2D eigenvalue weighted by Crippen LogP contribution is 2.27. The van der Waals surface area contributed by atoms with Crippen molar-refractivity contribution in [3.8, 4) is 6.07 Å². The summed E-state index contributed by atoms with van der Waals surface area (Å²) < 4.78 is 0. The predicted molar refractivity (Wildman–Crippen MR) is 77.7 cm³/mol. The first-order valence-corrected chi connectivity index (χ1v) is 6.70. The molecule has 2 nitrogen and oxygen atoms in total. The van der Waals surface area contributed by atoms with Gasteiger partial charge in [0.1, 0.15) is 0 Å². The fraction of sp³-hybridized carbons (Fsp3) is 0.562. The zero-order valence-corrected chi connectivity index (χ0v) is 12.1. The first-order valence-electron chi connectivity index (χ1n) is 6.70. The van der Waals surface area contributed by atoms with E-state index in [-0.39, 0.29) is 5.92 Å². The molecule has 1 aromatic carbocycles. The topological polar surface area (TPSA) is 35.8 Å². The number of nitrogens with zero attached hydrogens (tertiary/aromatic N) is 1. The van der Waals surface area contributed by atoms with Crippen molar-refractivity contribution in [2.75, 3.05) is 11.9 Å². The molecule has 98 valence electrons. The second-order valence-electron chi connectivity index (χ2n) is 5.55. The van der Waals surface area contributed by atoms with Gasteiger partial charge in [-0.3, -0.25) is 0 Å². The van der Waals surface area contributed by atoms with E-state index in [9.17, 15) is 0 Å². The predicted octanol–water partition coefficient (Wildman–Crippen LogP) is 4.33. The zero-order valence-electron chi connectivity index (χ0n) is 12.1. The van der Waals surface area contributed by atoms with E-state index < -0.39 is 0 Å². The van der Waals surface area contributed by atoms with Crippen molar-refractivity contribution in [1.82, 2.24) is 0 Å². The highest BCUT2D eigenvalue weighted by atomic mass is 14.9. The third kappa shape index (κ3) is 3.50. The maximum absolute atomic E-state index is 9.13. The number of aryl methyl sites for hydroxylation is 1. The van der Waals surface area contributed by atoms with Crippen LogP contribution in [0.4, 0.5) is 5.69 Å². The first kappa shape index (κ1) is 14.6. The van der Waals surface area contributed by atoms with Gasteiger partial charge in [0.25, 0.3) is 0 Å². The lowest BCUT2D eigenvalue weighted by atomic mass is 9.95. The highest BCUT2D eigenvalue weighted by molar-refractivity contribution is 5.58. The molecule has 18 heavy (non-hydrogen) atoms. The summed E-state index contributed by atoms with van der Waals surface area (Å²) in [5.74, 6) is 0.936. The van der Waals surface area contributed by atoms with E-state index in [1.165, 1.54) is 16.8 Å². The summed E-state index contributed by atoms with van der Waals surface area (Å²) in [5, 5.41) is 12.6. The quantitative estimate of drug-likeness (QED) is 0.837. The molecular formula is C16H24N2. The van der Waals surface area contributed by atoms with Crippen LogP contribution in [-0.2, 0) is 0 Å². The van der Waals surface area contributed by atoms with Gasteiger partial charge in [-0.1, -0.05) is 45.9 Å². The maximum Gasteiger partial charge on any atom is 0.0677 e. The van der Waals surface area contributed by atoms with Crippen LogP contribution in [0.1, 0.15) is 44.7 Å². The summed E-state index contributed by atoms with van der Waals surface area (Å²) in [7, 11) is 0. The molecule has 1 unspecified atom stereocenters. The van der Waals surface area contributed by atoms with Crippen LogP contribution in [0.5, 0.6) is 0 Å². The Balaban J connectivity index is 2.88. The van der Waals surface area contributed by atoms with E-state index in [4.69, 9.17) is 5.26 Å². The molecule has 0 saturated carbocycles. The fourth-order valence-electron chi connectivity index (χ4n) is 2.06. The fourth-order valence-corrected chi connectivity index (χ4v) is 2.06. The number of hydrogen-bond donors (Lipinski definition) is 1. The van der Waals surface area contributed by atoms with Crippen molar-refractivity contribution in [2.24, 2.45) is 11.8 Å². The molecule has 1 N–H and O–H groups in total. The molecule has 0 aliphatic rings. The zero-order chi connectivity index (χ0) is 13.7. The van der Waals surface area contributed by atoms with Gasteiger partial charge in [-0.25, -0.2) is 0 Å². The number of para-hydroxylation sites is 1. The third-order valence-corrected chi connectivity index (χ3v) is 3.40. The van der Waals surface area contributed by atoms with Gasteiger partial charge in [-0.2, -0.15) is 5.26 Å². The van der Waals surface area contributed by atoms with Crippen LogP contribution in [0.25, 0.3) is 0 Å². The molecule has 0 bridgehead atoms. The lowest BCUT2D eigenvalue weighted by Crippen LogP contribution is -2.19. The van der Waals surface area contributed by atoms with Crippen LogP contribution in [0.2, 0.25) is 0 Å². The van der Waals surface area contributed by atoms with E-state index >= 15 is 0 Å². The summed E-state index contributed by atoms with van der Waals surface area (Å²) in [4.78, 5) is 0. The van der Waals surface area contributed by atoms with Gasteiger partial charge in [0.15, 0.2) is 0 Å². The molecule has 0 aliphatic heterocycles. The van der Waals surface area contributed by atoms with E-state index in [0.717, 1.165) is 6.54 Å². The van der Waals surface area contributed by atoms with Gasteiger partial charge in [0.2, 0.25) is 0 Å². The lowest BCUT2D eigenvalue weighted by molar-refractivity contribution is 0.496. The minimum absolute atomic E-state index is 0.0598. The Morgan fingerprint density at radius 3 is 2.39 bits per heavy atom. The number of nitriles is 1. The molecule has 2 heteroatoms. The third-order valence-electron chi connectivity index (χ3n) is 3.40. The van der Waals surface area contributed by atoms with Crippen molar-refractivity contribution < 1.29 is 0 Å². The smallest absolute Gasteiger partial charge is 0.0677 e. The molecule has 0 heterocycles. The van der Waals surface area contributed by atoms with Gasteiger partial charge in [-0.15, -0.1) is 0 Å². The Hall–Kier alpha value is -1.49. The van der Waals surface area contributed by atoms with Crippen LogP contribution >= 0.6 is 0 Å². The van der Waals surface area contributed by atoms with Crippen LogP contribution in [0.3, 0.4) is 0 Å². The van der Waals surface area contributed by atoms with Crippen molar-refractivity contribution >= 4 is 5.69 Å². The molecule has 0 saturated heterocycles. The molecule has 1 rings (SSSR count). The van der Waals surface area contributed by atoms with E-state index in [1.807, 2.05) is 0 Å². The van der Waals surface area contributed by atoms with E-state index in [0.29, 0.717) is 11.8 Å². The molecule has 1 aromatic rings. The van der Waals surface area contributed by atoms with Crippen LogP contribution < -0.4 is 5.32 Å². The van der Waals surface area contributed by atoms with Crippen molar-refractivity contribution in [2.45, 2.75) is 40.5 Å². The maximum atomic E-state index is 9.13. The Labute approximate surface area is 111 Å². The lowest BCUT2D eigenvalue weighted by Gasteiger charge is -2.20. The number of nitrogens with one attached hydrogen (secondary N) is 1. The monoisotopic (exact) mass is 244 g/mol. The SMILES string of the molecule is Cc1cccc(C(C)C)c1NCC(C#N)C(C)C. The largest absolute Gasteiger partial charge is 0.383 e. The number of hydrogen-bond acceptors (Lipinski definition) is 2. The number of benzene rings is 1. The molecule has 0 aliphatic carbocycles. The number of anilines is 1. The Morgan fingerprint density at radius 1 is 1.22 bits per heavy atom. The molecule has 1 atom stereocenters. The Kier molecular flexibility index (Phi) is 5.22. The summed E-state index contributed by atoms with van der Waals surface area (Å²) in [5.41, 5.74) is 3.78. The second kappa shape index (κ2) is 6.44. The highest BCUT2D eigenvalue weighted by Gasteiger charge is 2.14. The minimum atomic E-state index is 0.0598. The molecule has 0 fully saturated rings. The van der Waals surface area contributed by atoms with Crippen LogP contribution in [-0.4, -0.2) is 6.54 Å². The normalized spacial score (nSPS) is 12.6. The van der Waals surface area contributed by atoms with Crippen molar-refractivity contribution in [3.05, 3.63) is 29.3 Å². The molecule has 0 amide bonds. The average molecular weight is 244 g/mol. The van der Waals surface area contributed by atoms with E-state index in [1.54, 1.807) is 0 Å². The summed E-state index contributed by atoms with van der Waals surface area (Å²) in [6, 6.07) is 8.75. The number of rotatable bonds is 5. The summed E-state index contributed by atoms with van der Waals surface area (Å²) in [6.07, 6.45) is 0. The average Bonchev–Trinajstić information content (AvgIpc) is 2.30. The van der Waals surface area contributed by atoms with Gasteiger partial charge < -0.3 is 5.32 Å². The molecular weight excluding hydrogens is 220 g/mol. The van der Waals surface area contributed by atoms with Crippen LogP contribution in [0, 0.1) is 30.1 Å². The van der Waals surface area contributed by atoms with Gasteiger partial charge in [0.05, 0.1) is 12.0 Å². The van der Waals surface area contributed by atoms with Gasteiger partial charge >= 0.3 is 0 Å². The Morgan fingerprint density at radius 2 is 1.89 bits per heavy atom. The standard InChI is InChI=1S/C16H24N2/c1-11(2)14(9-17)10-18-16-13(5)7-6-8-15(16)12(3)4/h6-8,11-12,14,18H,10H2,1-5H3. The molecule has 0 radical (unpaired) electrons. The van der Waals surface area contributed by atoms with Crippen molar-refractivity contribution in [3.63, 3.8) is 0 Å². The summed E-state index contributed by atoms with van der Waals surface area (Å²) in [6.45, 7) is 11.4.